The van der Waals surface area contributed by atoms with E-state index in [1.54, 1.807) is 0 Å². The lowest BCUT2D eigenvalue weighted by Crippen LogP contribution is -2.31. The Balaban J connectivity index is 2.23. The van der Waals surface area contributed by atoms with Crippen LogP contribution in [-0.4, -0.2) is 22.1 Å². The minimum absolute atomic E-state index is 0.121. The fourth-order valence-corrected chi connectivity index (χ4v) is 1.80. The van der Waals surface area contributed by atoms with Crippen molar-refractivity contribution < 1.29 is 9.90 Å². The molecule has 17 heavy (non-hydrogen) atoms. The summed E-state index contributed by atoms with van der Waals surface area (Å²) in [6, 6.07) is 2.72. The molecule has 1 fully saturated rings. The summed E-state index contributed by atoms with van der Waals surface area (Å²) in [5.41, 5.74) is 0.282. The summed E-state index contributed by atoms with van der Waals surface area (Å²) in [6.45, 7) is 0. The number of anilines is 1. The largest absolute Gasteiger partial charge is 0.480 e. The lowest BCUT2D eigenvalue weighted by molar-refractivity contribution is -0.138. The van der Waals surface area contributed by atoms with E-state index < -0.39 is 12.0 Å². The maximum atomic E-state index is 11.1. The number of pyridine rings is 1. The molecule has 0 radical (unpaired) electrons. The van der Waals surface area contributed by atoms with E-state index >= 15 is 0 Å². The molecule has 88 valence electrons. The van der Waals surface area contributed by atoms with Gasteiger partial charge < -0.3 is 10.4 Å². The number of nitrogens with one attached hydrogen (secondary N) is 1. The lowest BCUT2D eigenvalue weighted by Gasteiger charge is -2.15. The molecule has 0 bridgehead atoms. The van der Waals surface area contributed by atoms with Gasteiger partial charge in [0.1, 0.15) is 23.0 Å². The predicted molar refractivity (Wildman–Crippen MR) is 61.7 cm³/mol. The number of nitrogens with zero attached hydrogens (tertiary/aromatic N) is 2. The molecular weight excluding hydrogens is 242 g/mol. The second-order valence-electron chi connectivity index (χ2n) is 3.93. The Morgan fingerprint density at radius 2 is 2.41 bits per heavy atom. The van der Waals surface area contributed by atoms with Crippen LogP contribution < -0.4 is 5.32 Å². The van der Waals surface area contributed by atoms with Gasteiger partial charge >= 0.3 is 5.97 Å². The zero-order valence-electron chi connectivity index (χ0n) is 8.85. The Kier molecular flexibility index (Phi) is 3.16. The van der Waals surface area contributed by atoms with Gasteiger partial charge in [0.05, 0.1) is 5.56 Å². The molecule has 0 aliphatic heterocycles. The summed E-state index contributed by atoms with van der Waals surface area (Å²) in [4.78, 5) is 15.0. The Morgan fingerprint density at radius 3 is 2.94 bits per heavy atom. The summed E-state index contributed by atoms with van der Waals surface area (Å²) in [5.74, 6) is -0.547. The van der Waals surface area contributed by atoms with Gasteiger partial charge in [-0.25, -0.2) is 9.78 Å². The van der Waals surface area contributed by atoms with E-state index in [0.717, 1.165) is 12.8 Å². The maximum absolute atomic E-state index is 11.1. The average molecular weight is 252 g/mol. The van der Waals surface area contributed by atoms with Gasteiger partial charge in [-0.05, 0) is 24.8 Å². The Labute approximate surface area is 103 Å². The van der Waals surface area contributed by atoms with Crippen LogP contribution in [0, 0.1) is 17.2 Å². The van der Waals surface area contributed by atoms with E-state index in [-0.39, 0.29) is 22.3 Å². The van der Waals surface area contributed by atoms with Crippen LogP contribution in [0.5, 0.6) is 0 Å². The Hall–Kier alpha value is -1.80. The first-order valence-electron chi connectivity index (χ1n) is 5.17. The number of nitriles is 1. The molecule has 1 aromatic rings. The highest BCUT2D eigenvalue weighted by Gasteiger charge is 2.36. The molecule has 1 atom stereocenters. The van der Waals surface area contributed by atoms with Crippen LogP contribution in [0.4, 0.5) is 5.82 Å². The van der Waals surface area contributed by atoms with Crippen LogP contribution in [0.3, 0.4) is 0 Å². The summed E-state index contributed by atoms with van der Waals surface area (Å²) in [6.07, 6.45) is 3.21. The molecule has 1 aliphatic rings. The number of hydrogen-bond acceptors (Lipinski definition) is 4. The third kappa shape index (κ3) is 2.48. The van der Waals surface area contributed by atoms with Crippen LogP contribution in [0.1, 0.15) is 18.4 Å². The zero-order chi connectivity index (χ0) is 12.4. The van der Waals surface area contributed by atoms with Gasteiger partial charge in [-0.15, -0.1) is 0 Å². The van der Waals surface area contributed by atoms with E-state index in [0.29, 0.717) is 0 Å². The molecule has 2 rings (SSSR count). The summed E-state index contributed by atoms with van der Waals surface area (Å²) < 4.78 is 0. The molecular formula is C11H10ClN3O2. The molecule has 6 heteroatoms. The van der Waals surface area contributed by atoms with Crippen molar-refractivity contribution in [2.45, 2.75) is 18.9 Å². The molecule has 0 saturated heterocycles. The lowest BCUT2D eigenvalue weighted by atomic mass is 10.2. The Morgan fingerprint density at radius 1 is 1.71 bits per heavy atom. The van der Waals surface area contributed by atoms with Crippen molar-refractivity contribution in [3.8, 4) is 6.07 Å². The van der Waals surface area contributed by atoms with Crippen LogP contribution in [0.15, 0.2) is 12.3 Å². The highest BCUT2D eigenvalue weighted by molar-refractivity contribution is 6.34. The topological polar surface area (TPSA) is 86.0 Å². The van der Waals surface area contributed by atoms with Crippen molar-refractivity contribution in [1.82, 2.24) is 4.98 Å². The number of carboxylic acid groups (broad SMARTS) is 1. The van der Waals surface area contributed by atoms with Gasteiger partial charge in [-0.1, -0.05) is 11.6 Å². The molecule has 2 N–H and O–H groups in total. The van der Waals surface area contributed by atoms with Crippen LogP contribution in [-0.2, 0) is 4.79 Å². The Bertz CT molecular complexity index is 494. The van der Waals surface area contributed by atoms with Crippen molar-refractivity contribution in [3.63, 3.8) is 0 Å². The normalized spacial score (nSPS) is 16.0. The van der Waals surface area contributed by atoms with Gasteiger partial charge in [-0.3, -0.25) is 0 Å². The first-order valence-corrected chi connectivity index (χ1v) is 5.55. The number of aromatic nitrogens is 1. The van der Waals surface area contributed by atoms with Crippen LogP contribution in [0.25, 0.3) is 0 Å². The number of aliphatic carboxylic acids is 1. The van der Waals surface area contributed by atoms with Crippen LogP contribution >= 0.6 is 11.6 Å². The van der Waals surface area contributed by atoms with Crippen molar-refractivity contribution in [2.24, 2.45) is 5.92 Å². The van der Waals surface area contributed by atoms with Gasteiger partial charge in [0, 0.05) is 6.20 Å². The second kappa shape index (κ2) is 4.60. The molecule has 1 aliphatic carbocycles. The molecule has 0 spiro atoms. The third-order valence-electron chi connectivity index (χ3n) is 2.66. The van der Waals surface area contributed by atoms with Gasteiger partial charge in [0.25, 0.3) is 0 Å². The number of carboxylic acids is 1. The average Bonchev–Trinajstić information content (AvgIpc) is 3.11. The smallest absolute Gasteiger partial charge is 0.326 e. The zero-order valence-corrected chi connectivity index (χ0v) is 9.61. The molecule has 5 nitrogen and oxygen atoms in total. The minimum atomic E-state index is -0.923. The molecule has 1 saturated carbocycles. The first kappa shape index (κ1) is 11.7. The second-order valence-corrected chi connectivity index (χ2v) is 4.31. The van der Waals surface area contributed by atoms with E-state index in [2.05, 4.69) is 10.3 Å². The van der Waals surface area contributed by atoms with Gasteiger partial charge in [0.2, 0.25) is 0 Å². The summed E-state index contributed by atoms with van der Waals surface area (Å²) in [7, 11) is 0. The predicted octanol–water partition coefficient (Wildman–Crippen LogP) is 1.88. The molecule has 1 aromatic heterocycles. The van der Waals surface area contributed by atoms with Crippen molar-refractivity contribution in [1.29, 1.82) is 5.26 Å². The van der Waals surface area contributed by atoms with Gasteiger partial charge in [-0.2, -0.15) is 5.26 Å². The first-order chi connectivity index (χ1) is 8.13. The number of halogens is 1. The molecule has 1 unspecified atom stereocenters. The summed E-state index contributed by atoms with van der Waals surface area (Å²) >= 11 is 5.94. The standard InChI is InChI=1S/C11H10ClN3O2/c12-8-7(5-13)3-4-14-10(8)15-9(11(16)17)6-1-2-6/h3-4,6,9H,1-2H2,(H,14,15)(H,16,17). The van der Waals surface area contributed by atoms with Crippen molar-refractivity contribution >= 4 is 23.4 Å². The fourth-order valence-electron chi connectivity index (χ4n) is 1.59. The van der Waals surface area contributed by atoms with Crippen molar-refractivity contribution in [3.05, 3.63) is 22.8 Å². The van der Waals surface area contributed by atoms with E-state index in [9.17, 15) is 4.79 Å². The molecule has 0 aromatic carbocycles. The van der Waals surface area contributed by atoms with E-state index in [1.165, 1.54) is 12.3 Å². The SMILES string of the molecule is N#Cc1ccnc(NC(C(=O)O)C2CC2)c1Cl. The van der Waals surface area contributed by atoms with Crippen LogP contribution in [0.2, 0.25) is 5.02 Å². The fraction of sp³-hybridized carbons (Fsp3) is 0.364. The summed E-state index contributed by atoms with van der Waals surface area (Å²) in [5, 5.41) is 20.8. The van der Waals surface area contributed by atoms with Gasteiger partial charge in [0.15, 0.2) is 0 Å². The van der Waals surface area contributed by atoms with Crippen molar-refractivity contribution in [2.75, 3.05) is 5.32 Å². The maximum Gasteiger partial charge on any atom is 0.326 e. The third-order valence-corrected chi connectivity index (χ3v) is 3.04. The monoisotopic (exact) mass is 251 g/mol. The highest BCUT2D eigenvalue weighted by atomic mass is 35.5. The molecule has 0 amide bonds. The van der Waals surface area contributed by atoms with E-state index in [1.807, 2.05) is 6.07 Å². The number of rotatable bonds is 4. The quantitative estimate of drug-likeness (QED) is 0.853. The highest BCUT2D eigenvalue weighted by Crippen LogP contribution is 2.35. The number of carbonyl (C=O) groups is 1. The minimum Gasteiger partial charge on any atom is -0.480 e. The van der Waals surface area contributed by atoms with E-state index in [4.69, 9.17) is 22.0 Å². The molecule has 1 heterocycles. The number of hydrogen-bond donors (Lipinski definition) is 2.